The van der Waals surface area contributed by atoms with E-state index >= 15 is 0 Å². The molecule has 0 atom stereocenters. The quantitative estimate of drug-likeness (QED) is 0.543. The molecule has 3 rings (SSSR count). The number of rotatable bonds is 2. The van der Waals surface area contributed by atoms with Crippen LogP contribution < -0.4 is 4.57 Å². The summed E-state index contributed by atoms with van der Waals surface area (Å²) < 4.78 is 4.14. The molecule has 0 fully saturated rings. The third-order valence-corrected chi connectivity index (χ3v) is 4.30. The average Bonchev–Trinajstić information content (AvgIpc) is 2.83. The van der Waals surface area contributed by atoms with E-state index < -0.39 is 0 Å². The summed E-state index contributed by atoms with van der Waals surface area (Å²) in [6.07, 6.45) is 1.74. The fourth-order valence-electron chi connectivity index (χ4n) is 1.87. The van der Waals surface area contributed by atoms with Gasteiger partial charge in [0.2, 0.25) is 17.2 Å². The van der Waals surface area contributed by atoms with Crippen molar-refractivity contribution in [1.82, 2.24) is 0 Å². The van der Waals surface area contributed by atoms with Crippen LogP contribution in [0, 0.1) is 0 Å². The van der Waals surface area contributed by atoms with Crippen molar-refractivity contribution >= 4 is 49.4 Å². The molecule has 94 valence electrons. The molecule has 1 aromatic heterocycles. The van der Waals surface area contributed by atoms with Crippen molar-refractivity contribution < 1.29 is 9.67 Å². The molecule has 0 bridgehead atoms. The third kappa shape index (κ3) is 2.55. The molecule has 4 heteroatoms. The van der Waals surface area contributed by atoms with Crippen molar-refractivity contribution in [3.63, 3.8) is 0 Å². The maximum Gasteiger partial charge on any atom is 0.231 e. The summed E-state index contributed by atoms with van der Waals surface area (Å²) in [4.78, 5) is 0. The number of halogens is 1. The van der Waals surface area contributed by atoms with E-state index in [0.29, 0.717) is 0 Å². The Morgan fingerprint density at radius 1 is 1.11 bits per heavy atom. The standard InChI is InChI=1S/C15H10BrNOS/c16-12-7-5-11(6-8-12)14(18)9-17-10-19-15-4-2-1-3-13(15)17/h1-10H/p+1/b14-9-. The molecule has 3 aromatic rings. The number of aliphatic hydroxyl groups is 1. The predicted molar refractivity (Wildman–Crippen MR) is 83.0 cm³/mol. The van der Waals surface area contributed by atoms with E-state index in [4.69, 9.17) is 0 Å². The highest BCUT2D eigenvalue weighted by Gasteiger charge is 2.11. The molecule has 0 aliphatic carbocycles. The maximum atomic E-state index is 10.2. The lowest BCUT2D eigenvalue weighted by Crippen LogP contribution is -2.23. The molecule has 19 heavy (non-hydrogen) atoms. The summed E-state index contributed by atoms with van der Waals surface area (Å²) in [5.41, 5.74) is 3.88. The van der Waals surface area contributed by atoms with Gasteiger partial charge in [0.1, 0.15) is 4.70 Å². The Morgan fingerprint density at radius 3 is 2.63 bits per heavy atom. The molecule has 0 unspecified atom stereocenters. The second-order valence-corrected chi connectivity index (χ2v) is 5.92. The average molecular weight is 333 g/mol. The minimum atomic E-state index is 0.251. The zero-order valence-corrected chi connectivity index (χ0v) is 12.4. The predicted octanol–water partition coefficient (Wildman–Crippen LogP) is 4.46. The summed E-state index contributed by atoms with van der Waals surface area (Å²) in [5.74, 6) is 0.251. The first-order chi connectivity index (χ1) is 9.24. The van der Waals surface area contributed by atoms with Gasteiger partial charge in [0, 0.05) is 16.1 Å². The van der Waals surface area contributed by atoms with Crippen molar-refractivity contribution in [2.24, 2.45) is 0 Å². The largest absolute Gasteiger partial charge is 0.502 e. The van der Waals surface area contributed by atoms with Gasteiger partial charge in [0.25, 0.3) is 0 Å². The van der Waals surface area contributed by atoms with Crippen molar-refractivity contribution in [3.05, 3.63) is 64.1 Å². The highest BCUT2D eigenvalue weighted by atomic mass is 79.9. The molecule has 0 amide bonds. The molecule has 2 nitrogen and oxygen atoms in total. The Kier molecular flexibility index (Phi) is 3.36. The second-order valence-electron chi connectivity index (χ2n) is 4.12. The van der Waals surface area contributed by atoms with Crippen LogP contribution in [-0.4, -0.2) is 5.11 Å². The number of fused-ring (bicyclic) bond motifs is 1. The minimum absolute atomic E-state index is 0.251. The van der Waals surface area contributed by atoms with Crippen molar-refractivity contribution in [3.8, 4) is 0 Å². The number of thiazole rings is 1. The Bertz CT molecular complexity index is 746. The monoisotopic (exact) mass is 332 g/mol. The van der Waals surface area contributed by atoms with Gasteiger partial charge in [0.15, 0.2) is 5.76 Å². The van der Waals surface area contributed by atoms with Crippen LogP contribution in [0.2, 0.25) is 0 Å². The van der Waals surface area contributed by atoms with Crippen LogP contribution in [0.5, 0.6) is 0 Å². The normalized spacial score (nSPS) is 11.9. The van der Waals surface area contributed by atoms with Gasteiger partial charge in [-0.25, -0.2) is 0 Å². The zero-order valence-electron chi connectivity index (χ0n) is 9.95. The third-order valence-electron chi connectivity index (χ3n) is 2.84. The SMILES string of the molecule is O/C(=C\[n+]1csc2ccccc21)c1ccc(Br)cc1. The van der Waals surface area contributed by atoms with Gasteiger partial charge in [-0.1, -0.05) is 39.4 Å². The van der Waals surface area contributed by atoms with Crippen LogP contribution in [-0.2, 0) is 0 Å². The van der Waals surface area contributed by atoms with Crippen molar-refractivity contribution in [2.45, 2.75) is 0 Å². The first-order valence-corrected chi connectivity index (χ1v) is 7.45. The Hall–Kier alpha value is -1.65. The molecule has 2 aromatic carbocycles. The van der Waals surface area contributed by atoms with Crippen LogP contribution in [0.15, 0.2) is 58.5 Å². The Labute approximate surface area is 123 Å². The Morgan fingerprint density at radius 2 is 1.84 bits per heavy atom. The minimum Gasteiger partial charge on any atom is -0.502 e. The van der Waals surface area contributed by atoms with Gasteiger partial charge in [0.05, 0.1) is 0 Å². The van der Waals surface area contributed by atoms with Gasteiger partial charge in [-0.15, -0.1) is 0 Å². The molecule has 0 aliphatic heterocycles. The number of benzene rings is 2. The first-order valence-electron chi connectivity index (χ1n) is 5.78. The topological polar surface area (TPSA) is 24.1 Å². The summed E-state index contributed by atoms with van der Waals surface area (Å²) in [7, 11) is 0. The smallest absolute Gasteiger partial charge is 0.231 e. The van der Waals surface area contributed by atoms with Crippen LogP contribution in [0.25, 0.3) is 22.2 Å². The van der Waals surface area contributed by atoms with E-state index in [1.54, 1.807) is 17.5 Å². The fraction of sp³-hybridized carbons (Fsp3) is 0. The highest BCUT2D eigenvalue weighted by molar-refractivity contribution is 9.10. The number of nitrogens with zero attached hydrogens (tertiary/aromatic N) is 1. The molecule has 1 N–H and O–H groups in total. The van der Waals surface area contributed by atoms with E-state index in [-0.39, 0.29) is 5.76 Å². The Balaban J connectivity index is 2.03. The maximum absolute atomic E-state index is 10.2. The number of hydrogen-bond acceptors (Lipinski definition) is 2. The molecule has 0 aliphatic rings. The molecule has 0 saturated carbocycles. The van der Waals surface area contributed by atoms with Crippen LogP contribution in [0.4, 0.5) is 0 Å². The van der Waals surface area contributed by atoms with Crippen molar-refractivity contribution in [1.29, 1.82) is 0 Å². The van der Waals surface area contributed by atoms with Crippen molar-refractivity contribution in [2.75, 3.05) is 0 Å². The van der Waals surface area contributed by atoms with Gasteiger partial charge in [-0.3, -0.25) is 0 Å². The summed E-state index contributed by atoms with van der Waals surface area (Å²) >= 11 is 5.04. The zero-order chi connectivity index (χ0) is 13.2. The highest BCUT2D eigenvalue weighted by Crippen LogP contribution is 2.18. The number of aliphatic hydroxyl groups excluding tert-OH is 1. The lowest BCUT2D eigenvalue weighted by molar-refractivity contribution is -0.533. The number of para-hydroxylation sites is 1. The van der Waals surface area contributed by atoms with Crippen LogP contribution in [0.1, 0.15) is 5.56 Å². The number of aromatic nitrogens is 1. The van der Waals surface area contributed by atoms with E-state index in [1.807, 2.05) is 52.5 Å². The number of hydrogen-bond donors (Lipinski definition) is 1. The van der Waals surface area contributed by atoms with Crippen LogP contribution in [0.3, 0.4) is 0 Å². The van der Waals surface area contributed by atoms with E-state index in [1.165, 1.54) is 4.70 Å². The summed E-state index contributed by atoms with van der Waals surface area (Å²) in [6, 6.07) is 15.7. The van der Waals surface area contributed by atoms with Gasteiger partial charge < -0.3 is 5.11 Å². The van der Waals surface area contributed by atoms with Gasteiger partial charge in [-0.05, 0) is 30.3 Å². The molecule has 0 radical (unpaired) electrons. The molecule has 1 heterocycles. The summed E-state index contributed by atoms with van der Waals surface area (Å²) in [5, 5.41) is 10.2. The van der Waals surface area contributed by atoms with Gasteiger partial charge in [-0.2, -0.15) is 4.57 Å². The fourth-order valence-corrected chi connectivity index (χ4v) is 2.98. The van der Waals surface area contributed by atoms with Gasteiger partial charge >= 0.3 is 0 Å². The van der Waals surface area contributed by atoms with E-state index in [9.17, 15) is 5.11 Å². The van der Waals surface area contributed by atoms with E-state index in [2.05, 4.69) is 22.0 Å². The van der Waals surface area contributed by atoms with Crippen LogP contribution >= 0.6 is 27.3 Å². The summed E-state index contributed by atoms with van der Waals surface area (Å²) in [6.45, 7) is 0. The molecule has 0 saturated heterocycles. The molecule has 0 spiro atoms. The molecular weight excluding hydrogens is 322 g/mol. The lowest BCUT2D eigenvalue weighted by atomic mass is 10.2. The van der Waals surface area contributed by atoms with E-state index in [0.717, 1.165) is 15.6 Å². The lowest BCUT2D eigenvalue weighted by Gasteiger charge is -1.97. The first kappa shape index (κ1) is 12.4. The second kappa shape index (κ2) is 5.15. The molecular formula is C15H11BrNOS+.